The van der Waals surface area contributed by atoms with Crippen LogP contribution in [0.1, 0.15) is 18.4 Å². The lowest BCUT2D eigenvalue weighted by Crippen LogP contribution is -2.28. The molecule has 3 heteroatoms. The Bertz CT molecular complexity index is 484. The van der Waals surface area contributed by atoms with Crippen molar-refractivity contribution in [2.45, 2.75) is 19.3 Å². The molecular weight excluding hydrogens is 222 g/mol. The van der Waals surface area contributed by atoms with Crippen LogP contribution in [0, 0.1) is 5.92 Å². The van der Waals surface area contributed by atoms with Crippen molar-refractivity contribution in [3.05, 3.63) is 42.2 Å². The largest absolute Gasteiger partial charge is 0.317 e. The van der Waals surface area contributed by atoms with Crippen molar-refractivity contribution >= 4 is 0 Å². The second-order valence-electron chi connectivity index (χ2n) is 5.08. The maximum absolute atomic E-state index is 4.01. The maximum atomic E-state index is 4.01. The van der Waals surface area contributed by atoms with Crippen molar-refractivity contribution in [1.82, 2.24) is 15.5 Å². The van der Waals surface area contributed by atoms with E-state index in [9.17, 15) is 0 Å². The Morgan fingerprint density at radius 2 is 2.06 bits per heavy atom. The first-order valence-electron chi connectivity index (χ1n) is 6.70. The standard InChI is InChI=1S/C15H19N3/c1-2-13(8-12-4-6-16-7-5-12)9-14(3-1)15-10-17-18-11-15/h1-3,9-12,16H,4-8H2,(H,17,18). The van der Waals surface area contributed by atoms with Gasteiger partial charge in [0.1, 0.15) is 0 Å². The summed E-state index contributed by atoms with van der Waals surface area (Å²) in [5, 5.41) is 10.3. The third-order valence-corrected chi connectivity index (χ3v) is 3.74. The highest BCUT2D eigenvalue weighted by Gasteiger charge is 2.13. The monoisotopic (exact) mass is 241 g/mol. The lowest BCUT2D eigenvalue weighted by molar-refractivity contribution is 0.373. The van der Waals surface area contributed by atoms with Gasteiger partial charge in [-0.3, -0.25) is 5.10 Å². The number of aromatic amines is 1. The van der Waals surface area contributed by atoms with Gasteiger partial charge >= 0.3 is 0 Å². The molecule has 0 bridgehead atoms. The zero-order chi connectivity index (χ0) is 12.2. The maximum Gasteiger partial charge on any atom is 0.0565 e. The Kier molecular flexibility index (Phi) is 3.42. The molecule has 1 aliphatic rings. The smallest absolute Gasteiger partial charge is 0.0565 e. The van der Waals surface area contributed by atoms with Crippen LogP contribution in [0.3, 0.4) is 0 Å². The molecule has 1 aromatic carbocycles. The first kappa shape index (κ1) is 11.5. The second-order valence-corrected chi connectivity index (χ2v) is 5.08. The van der Waals surface area contributed by atoms with Gasteiger partial charge in [-0.25, -0.2) is 0 Å². The topological polar surface area (TPSA) is 40.7 Å². The first-order valence-corrected chi connectivity index (χ1v) is 6.70. The molecule has 3 rings (SSSR count). The van der Waals surface area contributed by atoms with Gasteiger partial charge < -0.3 is 5.32 Å². The predicted octanol–water partition coefficient (Wildman–Crippen LogP) is 2.62. The molecule has 3 nitrogen and oxygen atoms in total. The summed E-state index contributed by atoms with van der Waals surface area (Å²) in [6.45, 7) is 2.35. The molecule has 0 unspecified atom stereocenters. The minimum absolute atomic E-state index is 0.839. The van der Waals surface area contributed by atoms with Gasteiger partial charge in [-0.1, -0.05) is 24.3 Å². The molecule has 1 aromatic heterocycles. The molecule has 94 valence electrons. The number of rotatable bonds is 3. The Balaban J connectivity index is 1.74. The predicted molar refractivity (Wildman–Crippen MR) is 73.3 cm³/mol. The van der Waals surface area contributed by atoms with E-state index in [0.717, 1.165) is 5.92 Å². The zero-order valence-electron chi connectivity index (χ0n) is 10.5. The molecule has 18 heavy (non-hydrogen) atoms. The molecule has 1 fully saturated rings. The highest BCUT2D eigenvalue weighted by atomic mass is 15.1. The fraction of sp³-hybridized carbons (Fsp3) is 0.400. The number of nitrogens with zero attached hydrogens (tertiary/aromatic N) is 1. The van der Waals surface area contributed by atoms with Crippen molar-refractivity contribution in [2.75, 3.05) is 13.1 Å². The van der Waals surface area contributed by atoms with Crippen molar-refractivity contribution in [1.29, 1.82) is 0 Å². The number of benzene rings is 1. The van der Waals surface area contributed by atoms with Gasteiger partial charge in [0.2, 0.25) is 0 Å². The first-order chi connectivity index (χ1) is 8.92. The summed E-state index contributed by atoms with van der Waals surface area (Å²) in [6, 6.07) is 8.84. The highest BCUT2D eigenvalue weighted by Crippen LogP contribution is 2.23. The van der Waals surface area contributed by atoms with Crippen LogP contribution in [0.4, 0.5) is 0 Å². The third kappa shape index (κ3) is 2.62. The summed E-state index contributed by atoms with van der Waals surface area (Å²) < 4.78 is 0. The van der Waals surface area contributed by atoms with Crippen LogP contribution in [-0.2, 0) is 6.42 Å². The van der Waals surface area contributed by atoms with Crippen LogP contribution < -0.4 is 5.32 Å². The van der Waals surface area contributed by atoms with E-state index in [4.69, 9.17) is 0 Å². The van der Waals surface area contributed by atoms with Gasteiger partial charge in [0.25, 0.3) is 0 Å². The summed E-state index contributed by atoms with van der Waals surface area (Å²) in [6.07, 6.45) is 7.63. The number of piperidine rings is 1. The van der Waals surface area contributed by atoms with Gasteiger partial charge in [0, 0.05) is 11.8 Å². The van der Waals surface area contributed by atoms with E-state index < -0.39 is 0 Å². The van der Waals surface area contributed by atoms with Crippen molar-refractivity contribution in [3.8, 4) is 11.1 Å². The Hall–Kier alpha value is -1.61. The summed E-state index contributed by atoms with van der Waals surface area (Å²) in [5.41, 5.74) is 3.87. The molecule has 2 N–H and O–H groups in total. The van der Waals surface area contributed by atoms with E-state index in [1.54, 1.807) is 0 Å². The normalized spacial score (nSPS) is 16.9. The number of H-pyrrole nitrogens is 1. The molecule has 0 radical (unpaired) electrons. The molecule has 0 saturated carbocycles. The van der Waals surface area contributed by atoms with Crippen molar-refractivity contribution in [3.63, 3.8) is 0 Å². The second kappa shape index (κ2) is 5.36. The number of aromatic nitrogens is 2. The van der Waals surface area contributed by atoms with Crippen molar-refractivity contribution < 1.29 is 0 Å². The zero-order valence-corrected chi connectivity index (χ0v) is 10.5. The Labute approximate surface area is 108 Å². The molecular formula is C15H19N3. The fourth-order valence-electron chi connectivity index (χ4n) is 2.71. The highest BCUT2D eigenvalue weighted by molar-refractivity contribution is 5.62. The third-order valence-electron chi connectivity index (χ3n) is 3.74. The number of nitrogens with one attached hydrogen (secondary N) is 2. The van der Waals surface area contributed by atoms with Crippen LogP contribution in [-0.4, -0.2) is 23.3 Å². The molecule has 2 aromatic rings. The number of hydrogen-bond donors (Lipinski definition) is 2. The quantitative estimate of drug-likeness (QED) is 0.867. The van der Waals surface area contributed by atoms with E-state index in [1.165, 1.54) is 49.0 Å². The SMILES string of the molecule is c1cc(CC2CCNCC2)cc(-c2cn[nH]c2)c1. The van der Waals surface area contributed by atoms with Crippen LogP contribution in [0.2, 0.25) is 0 Å². The number of hydrogen-bond acceptors (Lipinski definition) is 2. The van der Waals surface area contributed by atoms with Gasteiger partial charge in [-0.15, -0.1) is 0 Å². The average Bonchev–Trinajstić information content (AvgIpc) is 2.94. The lowest BCUT2D eigenvalue weighted by atomic mass is 9.90. The Morgan fingerprint density at radius 1 is 1.17 bits per heavy atom. The molecule has 0 aliphatic carbocycles. The molecule has 0 atom stereocenters. The van der Waals surface area contributed by atoms with E-state index in [0.29, 0.717) is 0 Å². The van der Waals surface area contributed by atoms with Crippen LogP contribution in [0.5, 0.6) is 0 Å². The van der Waals surface area contributed by atoms with E-state index in [2.05, 4.69) is 39.8 Å². The summed E-state index contributed by atoms with van der Waals surface area (Å²) in [5.74, 6) is 0.839. The van der Waals surface area contributed by atoms with Crippen molar-refractivity contribution in [2.24, 2.45) is 5.92 Å². The Morgan fingerprint density at radius 3 is 2.83 bits per heavy atom. The summed E-state index contributed by atoms with van der Waals surface area (Å²) in [4.78, 5) is 0. The van der Waals surface area contributed by atoms with Gasteiger partial charge in [-0.2, -0.15) is 5.10 Å². The van der Waals surface area contributed by atoms with E-state index in [1.807, 2.05) is 12.4 Å². The van der Waals surface area contributed by atoms with Crippen LogP contribution in [0.15, 0.2) is 36.7 Å². The summed E-state index contributed by atoms with van der Waals surface area (Å²) in [7, 11) is 0. The molecule has 0 amide bonds. The molecule has 1 aliphatic heterocycles. The van der Waals surface area contributed by atoms with Gasteiger partial charge in [-0.05, 0) is 49.4 Å². The molecule has 1 saturated heterocycles. The molecule has 2 heterocycles. The van der Waals surface area contributed by atoms with Crippen LogP contribution >= 0.6 is 0 Å². The molecule has 0 spiro atoms. The van der Waals surface area contributed by atoms with E-state index >= 15 is 0 Å². The van der Waals surface area contributed by atoms with E-state index in [-0.39, 0.29) is 0 Å². The minimum atomic E-state index is 0.839. The average molecular weight is 241 g/mol. The van der Waals surface area contributed by atoms with Crippen LogP contribution in [0.25, 0.3) is 11.1 Å². The van der Waals surface area contributed by atoms with Gasteiger partial charge in [0.05, 0.1) is 6.20 Å². The summed E-state index contributed by atoms with van der Waals surface area (Å²) >= 11 is 0. The lowest BCUT2D eigenvalue weighted by Gasteiger charge is -2.22. The van der Waals surface area contributed by atoms with Gasteiger partial charge in [0.15, 0.2) is 0 Å². The minimum Gasteiger partial charge on any atom is -0.317 e. The fourth-order valence-corrected chi connectivity index (χ4v) is 2.71.